The number of thioether (sulfide) groups is 1. The van der Waals surface area contributed by atoms with Gasteiger partial charge in [0, 0.05) is 30.7 Å². The first-order valence-corrected chi connectivity index (χ1v) is 23.1. The minimum Gasteiger partial charge on any atom is -0.386 e. The van der Waals surface area contributed by atoms with Crippen molar-refractivity contribution in [1.29, 1.82) is 0 Å². The lowest BCUT2D eigenvalue weighted by molar-refractivity contribution is -0.137. The molecule has 1 saturated heterocycles. The highest BCUT2D eigenvalue weighted by Crippen LogP contribution is 2.61. The number of allylic oxidation sites excluding steroid dienone is 2. The second kappa shape index (κ2) is 21.2. The van der Waals surface area contributed by atoms with Gasteiger partial charge in [0.1, 0.15) is 36.3 Å². The summed E-state index contributed by atoms with van der Waals surface area (Å²) in [6.45, 7) is 10.1. The molecule has 1 aliphatic rings. The number of nitrogens with two attached hydrogens (primary N) is 1. The molecule has 28 heteroatoms. The Hall–Kier alpha value is -2.96. The molecule has 332 valence electrons. The average Bonchev–Trinajstić information content (AvgIpc) is 3.69. The highest BCUT2D eigenvalue weighted by molar-refractivity contribution is 8.14. The maximum atomic E-state index is 12.7. The van der Waals surface area contributed by atoms with Crippen LogP contribution in [0.4, 0.5) is 5.82 Å². The third-order valence-electron chi connectivity index (χ3n) is 8.54. The monoisotopic (exact) mass is 917 g/mol. The van der Waals surface area contributed by atoms with Crippen molar-refractivity contribution < 1.29 is 80.5 Å². The number of aliphatic hydroxyl groups is 2. The van der Waals surface area contributed by atoms with E-state index in [0.717, 1.165) is 34.6 Å². The lowest BCUT2D eigenvalue weighted by Crippen LogP contribution is -2.46. The molecular formula is C31H50N7O17P3S. The molecule has 0 radical (unpaired) electrons. The smallest absolute Gasteiger partial charge is 0.386 e. The molecule has 0 aromatic carbocycles. The summed E-state index contributed by atoms with van der Waals surface area (Å²) in [5.74, 6) is -0.868. The summed E-state index contributed by atoms with van der Waals surface area (Å²) in [5.41, 5.74) is 5.84. The van der Waals surface area contributed by atoms with E-state index >= 15 is 0 Å². The second-order valence-electron chi connectivity index (χ2n) is 14.1. The van der Waals surface area contributed by atoms with Crippen LogP contribution in [-0.4, -0.2) is 123 Å². The number of fused-ring (bicyclic) bond motifs is 1. The van der Waals surface area contributed by atoms with Crippen molar-refractivity contribution >= 4 is 69.1 Å². The van der Waals surface area contributed by atoms with Gasteiger partial charge in [-0.2, -0.15) is 4.31 Å². The van der Waals surface area contributed by atoms with E-state index in [9.17, 15) is 57.9 Å². The van der Waals surface area contributed by atoms with Crippen LogP contribution in [0, 0.1) is 11.3 Å². The number of carbonyl (C=O) groups excluding carboxylic acids is 3. The third-order valence-corrected chi connectivity index (χ3v) is 12.6. The fraction of sp³-hybridized carbons (Fsp3) is 0.613. The molecule has 3 rings (SSSR count). The first-order chi connectivity index (χ1) is 27.2. The Balaban J connectivity index is 1.46. The molecule has 0 bridgehead atoms. The number of phosphoric acid groups is 3. The maximum absolute atomic E-state index is 12.7. The van der Waals surface area contributed by atoms with Crippen LogP contribution in [0.1, 0.15) is 53.7 Å². The summed E-state index contributed by atoms with van der Waals surface area (Å²) in [4.78, 5) is 88.1. The normalized spacial score (nSPS) is 21.5. The minimum absolute atomic E-state index is 0.0288. The topological polar surface area (TPSA) is 364 Å². The summed E-state index contributed by atoms with van der Waals surface area (Å²) in [6.07, 6.45) is -4.54. The molecule has 1 fully saturated rings. The van der Waals surface area contributed by atoms with E-state index < -0.39 is 84.6 Å². The first kappa shape index (κ1) is 50.4. The van der Waals surface area contributed by atoms with Gasteiger partial charge in [0.25, 0.3) is 0 Å². The molecule has 3 heterocycles. The molecule has 2 amide bonds. The number of ether oxygens (including phenoxy) is 1. The fourth-order valence-electron chi connectivity index (χ4n) is 4.99. The number of amides is 2. The van der Waals surface area contributed by atoms with E-state index in [1.807, 2.05) is 19.9 Å². The number of aliphatic hydroxyl groups excluding tert-OH is 2. The summed E-state index contributed by atoms with van der Waals surface area (Å²) < 4.78 is 62.2. The number of phosphoric ester groups is 3. The fourth-order valence-corrected chi connectivity index (χ4v) is 8.52. The number of nitrogens with zero attached hydrogens (tertiary/aromatic N) is 4. The Morgan fingerprint density at radius 2 is 1.75 bits per heavy atom. The van der Waals surface area contributed by atoms with Gasteiger partial charge in [-0.15, -0.1) is 0 Å². The number of hydrogen-bond donors (Lipinski definition) is 9. The zero-order valence-corrected chi connectivity index (χ0v) is 36.1. The van der Waals surface area contributed by atoms with Crippen LogP contribution >= 0.6 is 35.2 Å². The van der Waals surface area contributed by atoms with E-state index in [4.69, 9.17) is 19.5 Å². The summed E-state index contributed by atoms with van der Waals surface area (Å²) >= 11 is 1.04. The number of aromatic nitrogens is 4. The molecule has 1 aliphatic heterocycles. The zero-order valence-electron chi connectivity index (χ0n) is 32.6. The van der Waals surface area contributed by atoms with Gasteiger partial charge in [0.15, 0.2) is 17.7 Å². The van der Waals surface area contributed by atoms with E-state index in [-0.39, 0.29) is 41.6 Å². The number of hydrogen-bond acceptors (Lipinski definition) is 18. The third kappa shape index (κ3) is 15.5. The van der Waals surface area contributed by atoms with Gasteiger partial charge >= 0.3 is 23.5 Å². The van der Waals surface area contributed by atoms with E-state index in [1.165, 1.54) is 13.8 Å². The molecule has 0 aliphatic carbocycles. The van der Waals surface area contributed by atoms with Gasteiger partial charge in [-0.3, -0.25) is 32.5 Å². The lowest BCUT2D eigenvalue weighted by atomic mass is 9.87. The Morgan fingerprint density at radius 3 is 2.39 bits per heavy atom. The maximum Gasteiger partial charge on any atom is 0.481 e. The Kier molecular flexibility index (Phi) is 18.1. The van der Waals surface area contributed by atoms with E-state index in [2.05, 4.69) is 41.0 Å². The molecule has 7 unspecified atom stereocenters. The predicted octanol–water partition coefficient (Wildman–Crippen LogP) is 1.21. The van der Waals surface area contributed by atoms with Crippen LogP contribution in [0.2, 0.25) is 0 Å². The van der Waals surface area contributed by atoms with Crippen molar-refractivity contribution in [1.82, 2.24) is 30.2 Å². The van der Waals surface area contributed by atoms with Crippen LogP contribution in [0.25, 0.3) is 11.2 Å². The van der Waals surface area contributed by atoms with Gasteiger partial charge in [-0.25, -0.2) is 28.6 Å². The van der Waals surface area contributed by atoms with Crippen LogP contribution < -0.4 is 16.4 Å². The molecule has 0 spiro atoms. The quantitative estimate of drug-likeness (QED) is 0.0327. The van der Waals surface area contributed by atoms with Crippen LogP contribution in [0.15, 0.2) is 36.5 Å². The second-order valence-corrected chi connectivity index (χ2v) is 19.4. The van der Waals surface area contributed by atoms with Gasteiger partial charge < -0.3 is 50.9 Å². The van der Waals surface area contributed by atoms with Crippen LogP contribution in [0.5, 0.6) is 0 Å². The first-order valence-electron chi connectivity index (χ1n) is 17.6. The molecule has 24 nitrogen and oxygen atoms in total. The number of rotatable bonds is 23. The average molecular weight is 918 g/mol. The number of anilines is 1. The van der Waals surface area contributed by atoms with Crippen molar-refractivity contribution in [2.24, 2.45) is 11.3 Å². The highest BCUT2D eigenvalue weighted by Gasteiger charge is 2.50. The van der Waals surface area contributed by atoms with Crippen molar-refractivity contribution in [3.05, 3.63) is 36.5 Å². The highest BCUT2D eigenvalue weighted by atomic mass is 32.2. The van der Waals surface area contributed by atoms with Crippen molar-refractivity contribution in [2.75, 3.05) is 37.8 Å². The Bertz CT molecular complexity index is 2010. The number of nitrogens with one attached hydrogen (secondary N) is 2. The van der Waals surface area contributed by atoms with Gasteiger partial charge in [-0.1, -0.05) is 57.7 Å². The largest absolute Gasteiger partial charge is 0.481 e. The molecule has 0 saturated carbocycles. The van der Waals surface area contributed by atoms with Crippen LogP contribution in [-0.2, 0) is 50.7 Å². The van der Waals surface area contributed by atoms with Crippen molar-refractivity contribution in [2.45, 2.75) is 78.1 Å². The van der Waals surface area contributed by atoms with Crippen molar-refractivity contribution in [3.63, 3.8) is 0 Å². The molecule has 10 N–H and O–H groups in total. The number of nitrogen functional groups attached to an aromatic ring is 1. The number of carbonyl (C=O) groups is 3. The van der Waals surface area contributed by atoms with E-state index in [0.29, 0.717) is 23.7 Å². The molecular weight excluding hydrogens is 867 g/mol. The van der Waals surface area contributed by atoms with Crippen LogP contribution in [0.3, 0.4) is 0 Å². The summed E-state index contributed by atoms with van der Waals surface area (Å²) in [5, 5.41) is 26.3. The van der Waals surface area contributed by atoms with Gasteiger partial charge in [0.2, 0.25) is 16.9 Å². The standard InChI is InChI=1S/C31H50N7O17P3S/c1-17(2)18(3)7-8-19(4)30(43)59-12-11-33-21(39)9-10-34-28(42)25(41)31(5,6)14-52-58(49,50)55-57(47,48)51-13-20-24(54-56(44,45)46)23(40)29(53-20)38-16-37-22-26(32)35-15-36-27(22)38/h8,15-17,20,23-25,29,40-41H,3,7,9-14H2,1-2,4-6H3,(H,33,39)(H,34,42)(H,47,48)(H,49,50)(H2,32,35,36)(H2,44,45,46). The zero-order chi connectivity index (χ0) is 44.5. The van der Waals surface area contributed by atoms with Crippen molar-refractivity contribution in [3.8, 4) is 0 Å². The lowest BCUT2D eigenvalue weighted by Gasteiger charge is -2.30. The van der Waals surface area contributed by atoms with Gasteiger partial charge in [0.05, 0.1) is 19.5 Å². The Morgan fingerprint density at radius 1 is 1.08 bits per heavy atom. The SMILES string of the molecule is C=C(CC=C(C)C(=O)SCCNC(=O)CCNC(=O)C(O)C(C)(C)COP(=O)(O)OP(=O)(O)OCC1OC(n2cnc3c(N)ncnc32)C(O)C1OP(=O)(O)O)C(C)C. The molecule has 2 aromatic rings. The minimum atomic E-state index is -5.58. The molecule has 7 atom stereocenters. The summed E-state index contributed by atoms with van der Waals surface area (Å²) in [6, 6.07) is 0. The van der Waals surface area contributed by atoms with Gasteiger partial charge in [-0.05, 0) is 24.8 Å². The summed E-state index contributed by atoms with van der Waals surface area (Å²) in [7, 11) is -16.4. The number of imidazole rings is 1. The molecule has 2 aromatic heterocycles. The van der Waals surface area contributed by atoms with E-state index in [1.54, 1.807) is 6.92 Å². The predicted molar refractivity (Wildman–Crippen MR) is 209 cm³/mol. The Labute approximate surface area is 342 Å². The molecule has 59 heavy (non-hydrogen) atoms.